The lowest BCUT2D eigenvalue weighted by Gasteiger charge is -2.19. The molecule has 0 spiro atoms. The number of amides is 1. The second-order valence-electron chi connectivity index (χ2n) is 6.43. The molecule has 0 aliphatic carbocycles. The van der Waals surface area contributed by atoms with Crippen LogP contribution >= 0.6 is 0 Å². The first-order valence-electron chi connectivity index (χ1n) is 7.45. The molecule has 0 bridgehead atoms. The number of nitrogens with one attached hydrogen (secondary N) is 1. The van der Waals surface area contributed by atoms with Crippen molar-refractivity contribution in [2.45, 2.75) is 40.0 Å². The van der Waals surface area contributed by atoms with E-state index in [4.69, 9.17) is 5.11 Å². The van der Waals surface area contributed by atoms with Crippen LogP contribution in [0.2, 0.25) is 0 Å². The Morgan fingerprint density at radius 2 is 2.05 bits per heavy atom. The minimum absolute atomic E-state index is 0.0919. The SMILES string of the molecule is CC(CC(=O)NCCC(C)(C)C(=O)O)Cc1cccc(F)c1. The van der Waals surface area contributed by atoms with Crippen LogP contribution in [0.5, 0.6) is 0 Å². The summed E-state index contributed by atoms with van der Waals surface area (Å²) < 4.78 is 13.1. The third-order valence-electron chi connectivity index (χ3n) is 3.66. The average Bonchev–Trinajstić information content (AvgIpc) is 2.37. The molecule has 0 radical (unpaired) electrons. The van der Waals surface area contributed by atoms with Gasteiger partial charge in [0.1, 0.15) is 5.82 Å². The Bertz CT molecular complexity index is 528. The van der Waals surface area contributed by atoms with Crippen molar-refractivity contribution in [2.75, 3.05) is 6.54 Å². The van der Waals surface area contributed by atoms with Gasteiger partial charge in [-0.05, 0) is 50.3 Å². The number of halogens is 1. The van der Waals surface area contributed by atoms with Gasteiger partial charge >= 0.3 is 5.97 Å². The van der Waals surface area contributed by atoms with Crippen molar-refractivity contribution < 1.29 is 19.1 Å². The molecule has 1 atom stereocenters. The van der Waals surface area contributed by atoms with E-state index < -0.39 is 11.4 Å². The van der Waals surface area contributed by atoms with Crippen LogP contribution in [0.1, 0.15) is 39.2 Å². The number of aliphatic carboxylic acids is 1. The van der Waals surface area contributed by atoms with Crippen molar-refractivity contribution in [3.8, 4) is 0 Å². The van der Waals surface area contributed by atoms with E-state index in [1.165, 1.54) is 12.1 Å². The Kier molecular flexibility index (Phi) is 6.53. The van der Waals surface area contributed by atoms with E-state index in [9.17, 15) is 14.0 Å². The summed E-state index contributed by atoms with van der Waals surface area (Å²) in [7, 11) is 0. The highest BCUT2D eigenvalue weighted by Crippen LogP contribution is 2.19. The van der Waals surface area contributed by atoms with Gasteiger partial charge in [0.25, 0.3) is 0 Å². The zero-order valence-corrected chi connectivity index (χ0v) is 13.4. The molecular formula is C17H24FNO3. The molecule has 0 saturated carbocycles. The predicted molar refractivity (Wildman–Crippen MR) is 82.9 cm³/mol. The number of carboxylic acids is 1. The third-order valence-corrected chi connectivity index (χ3v) is 3.66. The Balaban J connectivity index is 2.34. The maximum atomic E-state index is 13.1. The number of benzene rings is 1. The maximum absolute atomic E-state index is 13.1. The number of hydrogen-bond donors (Lipinski definition) is 2. The lowest BCUT2D eigenvalue weighted by atomic mass is 9.89. The summed E-state index contributed by atoms with van der Waals surface area (Å²) >= 11 is 0. The molecular weight excluding hydrogens is 285 g/mol. The molecule has 22 heavy (non-hydrogen) atoms. The monoisotopic (exact) mass is 309 g/mol. The smallest absolute Gasteiger partial charge is 0.309 e. The van der Waals surface area contributed by atoms with Gasteiger partial charge in [0.15, 0.2) is 0 Å². The first-order chi connectivity index (χ1) is 10.2. The molecule has 0 aromatic heterocycles. The first-order valence-corrected chi connectivity index (χ1v) is 7.45. The highest BCUT2D eigenvalue weighted by molar-refractivity contribution is 5.76. The molecule has 1 rings (SSSR count). The van der Waals surface area contributed by atoms with Crippen LogP contribution in [0.15, 0.2) is 24.3 Å². The average molecular weight is 309 g/mol. The van der Waals surface area contributed by atoms with E-state index >= 15 is 0 Å². The Morgan fingerprint density at radius 3 is 2.64 bits per heavy atom. The fraction of sp³-hybridized carbons (Fsp3) is 0.529. The molecule has 1 aromatic carbocycles. The van der Waals surface area contributed by atoms with Crippen LogP contribution in [0.3, 0.4) is 0 Å². The van der Waals surface area contributed by atoms with Crippen molar-refractivity contribution in [1.82, 2.24) is 5.32 Å². The van der Waals surface area contributed by atoms with Crippen LogP contribution in [-0.4, -0.2) is 23.5 Å². The number of carbonyl (C=O) groups excluding carboxylic acids is 1. The van der Waals surface area contributed by atoms with Gasteiger partial charge in [-0.15, -0.1) is 0 Å². The predicted octanol–water partition coefficient (Wildman–Crippen LogP) is 3.01. The van der Waals surface area contributed by atoms with Gasteiger partial charge in [-0.1, -0.05) is 19.1 Å². The van der Waals surface area contributed by atoms with Crippen LogP contribution < -0.4 is 5.32 Å². The van der Waals surface area contributed by atoms with Gasteiger partial charge in [-0.3, -0.25) is 9.59 Å². The Labute approximate surface area is 130 Å². The molecule has 0 saturated heterocycles. The molecule has 0 fully saturated rings. The second-order valence-corrected chi connectivity index (χ2v) is 6.43. The van der Waals surface area contributed by atoms with Crippen LogP contribution in [0, 0.1) is 17.2 Å². The van der Waals surface area contributed by atoms with Gasteiger partial charge in [-0.25, -0.2) is 4.39 Å². The second kappa shape index (κ2) is 7.92. The number of rotatable bonds is 8. The molecule has 4 nitrogen and oxygen atoms in total. The quantitative estimate of drug-likeness (QED) is 0.776. The van der Waals surface area contributed by atoms with Crippen LogP contribution in [0.4, 0.5) is 4.39 Å². The lowest BCUT2D eigenvalue weighted by Crippen LogP contribution is -2.32. The normalized spacial score (nSPS) is 12.7. The summed E-state index contributed by atoms with van der Waals surface area (Å²) in [5.74, 6) is -1.16. The summed E-state index contributed by atoms with van der Waals surface area (Å²) in [6.07, 6.45) is 1.35. The van der Waals surface area contributed by atoms with Crippen LogP contribution in [-0.2, 0) is 16.0 Å². The van der Waals surface area contributed by atoms with Gasteiger partial charge in [0, 0.05) is 13.0 Å². The lowest BCUT2D eigenvalue weighted by molar-refractivity contribution is -0.147. The van der Waals surface area contributed by atoms with E-state index in [0.29, 0.717) is 25.8 Å². The minimum atomic E-state index is -0.874. The van der Waals surface area contributed by atoms with Crippen molar-refractivity contribution in [1.29, 1.82) is 0 Å². The highest BCUT2D eigenvalue weighted by atomic mass is 19.1. The van der Waals surface area contributed by atoms with Gasteiger partial charge in [-0.2, -0.15) is 0 Å². The summed E-state index contributed by atoms with van der Waals surface area (Å²) in [6, 6.07) is 6.37. The molecule has 0 heterocycles. The minimum Gasteiger partial charge on any atom is -0.481 e. The molecule has 1 amide bonds. The van der Waals surface area contributed by atoms with Crippen LogP contribution in [0.25, 0.3) is 0 Å². The molecule has 0 aliphatic rings. The van der Waals surface area contributed by atoms with Crippen molar-refractivity contribution in [2.24, 2.45) is 11.3 Å². The number of hydrogen-bond acceptors (Lipinski definition) is 2. The zero-order valence-electron chi connectivity index (χ0n) is 13.4. The van der Waals surface area contributed by atoms with E-state index in [0.717, 1.165) is 5.56 Å². The fourth-order valence-electron chi connectivity index (χ4n) is 2.15. The Morgan fingerprint density at radius 1 is 1.36 bits per heavy atom. The molecule has 122 valence electrons. The fourth-order valence-corrected chi connectivity index (χ4v) is 2.15. The summed E-state index contributed by atoms with van der Waals surface area (Å²) in [5.41, 5.74) is 0.0211. The zero-order chi connectivity index (χ0) is 16.8. The first kappa shape index (κ1) is 18.1. The van der Waals surface area contributed by atoms with Crippen molar-refractivity contribution >= 4 is 11.9 Å². The summed E-state index contributed by atoms with van der Waals surface area (Å²) in [6.45, 7) is 5.54. The highest BCUT2D eigenvalue weighted by Gasteiger charge is 2.26. The molecule has 0 aliphatic heterocycles. The van der Waals surface area contributed by atoms with Gasteiger partial charge in [0.2, 0.25) is 5.91 Å². The van der Waals surface area contributed by atoms with E-state index in [1.807, 2.05) is 13.0 Å². The summed E-state index contributed by atoms with van der Waals surface area (Å²) in [4.78, 5) is 22.8. The standard InChI is InChI=1S/C17H24FNO3/c1-12(9-13-5-4-6-14(18)11-13)10-15(20)19-8-7-17(2,3)16(21)22/h4-6,11-12H,7-10H2,1-3H3,(H,19,20)(H,21,22). The Hall–Kier alpha value is -1.91. The maximum Gasteiger partial charge on any atom is 0.309 e. The molecule has 2 N–H and O–H groups in total. The third kappa shape index (κ3) is 6.24. The largest absolute Gasteiger partial charge is 0.481 e. The van der Waals surface area contributed by atoms with Gasteiger partial charge < -0.3 is 10.4 Å². The van der Waals surface area contributed by atoms with Gasteiger partial charge in [0.05, 0.1) is 5.41 Å². The van der Waals surface area contributed by atoms with Crippen molar-refractivity contribution in [3.05, 3.63) is 35.6 Å². The van der Waals surface area contributed by atoms with Crippen molar-refractivity contribution in [3.63, 3.8) is 0 Å². The molecule has 5 heteroatoms. The number of carboxylic acid groups (broad SMARTS) is 1. The van der Waals surface area contributed by atoms with E-state index in [2.05, 4.69) is 5.32 Å². The molecule has 1 aromatic rings. The summed E-state index contributed by atoms with van der Waals surface area (Å²) in [5, 5.41) is 11.7. The topological polar surface area (TPSA) is 66.4 Å². The van der Waals surface area contributed by atoms with E-state index in [-0.39, 0.29) is 17.6 Å². The molecule has 1 unspecified atom stereocenters. The number of carbonyl (C=O) groups is 2. The van der Waals surface area contributed by atoms with E-state index in [1.54, 1.807) is 19.9 Å².